The molecule has 5 nitrogen and oxygen atoms in total. The number of nitrogens with two attached hydrogens (primary N) is 1. The van der Waals surface area contributed by atoms with Crippen molar-refractivity contribution in [2.75, 3.05) is 6.61 Å². The third-order valence-corrected chi connectivity index (χ3v) is 3.83. The molecule has 24 heavy (non-hydrogen) atoms. The number of hydrogen-bond acceptors (Lipinski definition) is 5. The Morgan fingerprint density at radius 2 is 2.17 bits per heavy atom. The molecule has 1 aromatic rings. The summed E-state index contributed by atoms with van der Waals surface area (Å²) < 4.78 is 37.7. The molecule has 0 aliphatic carbocycles. The van der Waals surface area contributed by atoms with Crippen LogP contribution in [-0.4, -0.2) is 12.6 Å². The maximum Gasteiger partial charge on any atom is 0.338 e. The second kappa shape index (κ2) is 6.89. The number of halogens is 3. The van der Waals surface area contributed by atoms with Gasteiger partial charge in [0.2, 0.25) is 5.88 Å². The fourth-order valence-electron chi connectivity index (χ4n) is 2.45. The molecule has 1 aliphatic rings. The van der Waals surface area contributed by atoms with Gasteiger partial charge in [0.1, 0.15) is 29.0 Å². The predicted octanol–water partition coefficient (Wildman–Crippen LogP) is 3.26. The van der Waals surface area contributed by atoms with E-state index in [1.165, 1.54) is 6.92 Å². The Balaban J connectivity index is 2.75. The van der Waals surface area contributed by atoms with Gasteiger partial charge in [-0.25, -0.2) is 13.6 Å². The summed E-state index contributed by atoms with van der Waals surface area (Å²) in [6.45, 7) is 3.09. The van der Waals surface area contributed by atoms with Crippen LogP contribution >= 0.6 is 11.6 Å². The van der Waals surface area contributed by atoms with Crippen molar-refractivity contribution in [3.8, 4) is 6.07 Å². The van der Waals surface area contributed by atoms with Crippen LogP contribution in [0.3, 0.4) is 0 Å². The van der Waals surface area contributed by atoms with Crippen LogP contribution in [0, 0.1) is 23.0 Å². The van der Waals surface area contributed by atoms with E-state index in [9.17, 15) is 18.8 Å². The summed E-state index contributed by atoms with van der Waals surface area (Å²) in [7, 11) is 0. The van der Waals surface area contributed by atoms with E-state index in [4.69, 9.17) is 26.8 Å². The molecule has 0 radical (unpaired) electrons. The second-order valence-corrected chi connectivity index (χ2v) is 5.28. The summed E-state index contributed by atoms with van der Waals surface area (Å²) in [6.07, 6.45) is 0. The molecule has 2 rings (SSSR count). The molecule has 2 N–H and O–H groups in total. The first-order valence-electron chi connectivity index (χ1n) is 6.91. The van der Waals surface area contributed by atoms with E-state index in [0.717, 1.165) is 6.07 Å². The summed E-state index contributed by atoms with van der Waals surface area (Å²) in [5.74, 6) is -4.11. The molecule has 0 aromatic heterocycles. The molecule has 1 aliphatic heterocycles. The molecule has 1 atom stereocenters. The summed E-state index contributed by atoms with van der Waals surface area (Å²) in [5, 5.41) is 8.95. The van der Waals surface area contributed by atoms with Crippen molar-refractivity contribution < 1.29 is 23.0 Å². The molecule has 1 unspecified atom stereocenters. The van der Waals surface area contributed by atoms with Crippen LogP contribution in [0.2, 0.25) is 5.02 Å². The lowest BCUT2D eigenvalue weighted by Gasteiger charge is -2.27. The van der Waals surface area contributed by atoms with Crippen LogP contribution in [0.1, 0.15) is 25.3 Å². The van der Waals surface area contributed by atoms with Crippen LogP contribution < -0.4 is 5.73 Å². The highest BCUT2D eigenvalue weighted by atomic mass is 35.5. The maximum absolute atomic E-state index is 13.8. The van der Waals surface area contributed by atoms with Crippen molar-refractivity contribution >= 4 is 17.6 Å². The van der Waals surface area contributed by atoms with E-state index in [1.54, 1.807) is 13.0 Å². The fourth-order valence-corrected chi connectivity index (χ4v) is 2.67. The van der Waals surface area contributed by atoms with Crippen molar-refractivity contribution in [3.05, 3.63) is 57.1 Å². The average Bonchev–Trinajstić information content (AvgIpc) is 2.50. The van der Waals surface area contributed by atoms with Crippen LogP contribution in [0.25, 0.3) is 0 Å². The predicted molar refractivity (Wildman–Crippen MR) is 81.4 cm³/mol. The van der Waals surface area contributed by atoms with Gasteiger partial charge in [-0.1, -0.05) is 11.6 Å². The van der Waals surface area contributed by atoms with E-state index in [1.807, 2.05) is 0 Å². The van der Waals surface area contributed by atoms with Crippen molar-refractivity contribution in [2.45, 2.75) is 19.8 Å². The SMILES string of the molecule is CCOC(=O)C1=C(C)OC(N)=C(C#N)C1c1cc(F)cc(F)c1Cl. The molecule has 0 bridgehead atoms. The van der Waals surface area contributed by atoms with E-state index in [0.29, 0.717) is 6.07 Å². The first-order chi connectivity index (χ1) is 11.3. The van der Waals surface area contributed by atoms with Crippen LogP contribution in [0.4, 0.5) is 8.78 Å². The standard InChI is InChI=1S/C16H13ClF2N2O3/c1-3-23-16(22)12-7(2)24-15(21)10(6-20)13(12)9-4-8(18)5-11(19)14(9)17/h4-5,13H,3,21H2,1-2H3. The number of allylic oxidation sites excluding steroid dienone is 2. The summed E-state index contributed by atoms with van der Waals surface area (Å²) in [4.78, 5) is 12.3. The number of ether oxygens (including phenoxy) is 2. The number of nitrogens with zero attached hydrogens (tertiary/aromatic N) is 1. The lowest BCUT2D eigenvalue weighted by atomic mass is 9.83. The van der Waals surface area contributed by atoms with Gasteiger partial charge in [-0.3, -0.25) is 0 Å². The molecule has 0 saturated heterocycles. The zero-order chi connectivity index (χ0) is 18.0. The summed E-state index contributed by atoms with van der Waals surface area (Å²) >= 11 is 5.93. The Kier molecular flexibility index (Phi) is 5.10. The Hall–Kier alpha value is -2.59. The van der Waals surface area contributed by atoms with Crippen molar-refractivity contribution in [3.63, 3.8) is 0 Å². The first kappa shape index (κ1) is 17.8. The van der Waals surface area contributed by atoms with Gasteiger partial charge < -0.3 is 15.2 Å². The molecule has 8 heteroatoms. The van der Waals surface area contributed by atoms with Gasteiger partial charge in [-0.2, -0.15) is 5.26 Å². The van der Waals surface area contributed by atoms with E-state index in [2.05, 4.69) is 0 Å². The number of nitriles is 1. The number of carbonyl (C=O) groups is 1. The second-order valence-electron chi connectivity index (χ2n) is 4.91. The molecule has 0 saturated carbocycles. The summed E-state index contributed by atoms with van der Waals surface area (Å²) in [6, 6.07) is 3.35. The van der Waals surface area contributed by atoms with Gasteiger partial charge in [0, 0.05) is 6.07 Å². The topological polar surface area (TPSA) is 85.3 Å². The molecule has 0 amide bonds. The van der Waals surface area contributed by atoms with Gasteiger partial charge in [0.25, 0.3) is 0 Å². The highest BCUT2D eigenvalue weighted by molar-refractivity contribution is 6.31. The van der Waals surface area contributed by atoms with Crippen LogP contribution in [0.5, 0.6) is 0 Å². The number of benzene rings is 1. The zero-order valence-corrected chi connectivity index (χ0v) is 13.6. The molecule has 0 spiro atoms. The third-order valence-electron chi connectivity index (χ3n) is 3.43. The van der Waals surface area contributed by atoms with Crippen molar-refractivity contribution in [1.29, 1.82) is 5.26 Å². The molecular weight excluding hydrogens is 342 g/mol. The minimum absolute atomic E-state index is 0.0641. The fraction of sp³-hybridized carbons (Fsp3) is 0.250. The van der Waals surface area contributed by atoms with E-state index in [-0.39, 0.29) is 35.0 Å². The molecule has 1 heterocycles. The maximum atomic E-state index is 13.8. The number of carbonyl (C=O) groups excluding carboxylic acids is 1. The first-order valence-corrected chi connectivity index (χ1v) is 7.29. The molecular formula is C16H13ClF2N2O3. The van der Waals surface area contributed by atoms with Gasteiger partial charge in [0.15, 0.2) is 0 Å². The van der Waals surface area contributed by atoms with E-state index < -0.39 is 28.5 Å². The van der Waals surface area contributed by atoms with Gasteiger partial charge in [-0.05, 0) is 25.5 Å². The highest BCUT2D eigenvalue weighted by Crippen LogP contribution is 2.42. The Labute approximate surface area is 141 Å². The Morgan fingerprint density at radius 1 is 1.50 bits per heavy atom. The zero-order valence-electron chi connectivity index (χ0n) is 12.8. The van der Waals surface area contributed by atoms with Crippen LogP contribution in [0.15, 0.2) is 34.9 Å². The monoisotopic (exact) mass is 354 g/mol. The molecule has 0 fully saturated rings. The Morgan fingerprint density at radius 3 is 2.75 bits per heavy atom. The van der Waals surface area contributed by atoms with Gasteiger partial charge in [0.05, 0.1) is 23.1 Å². The quantitative estimate of drug-likeness (QED) is 0.665. The number of esters is 1. The largest absolute Gasteiger partial charge is 0.463 e. The normalized spacial score (nSPS) is 17.4. The highest BCUT2D eigenvalue weighted by Gasteiger charge is 2.38. The number of rotatable bonds is 3. The van der Waals surface area contributed by atoms with Crippen molar-refractivity contribution in [1.82, 2.24) is 0 Å². The van der Waals surface area contributed by atoms with Crippen molar-refractivity contribution in [2.24, 2.45) is 5.73 Å². The number of hydrogen-bond donors (Lipinski definition) is 1. The minimum Gasteiger partial charge on any atom is -0.463 e. The Bertz CT molecular complexity index is 812. The third kappa shape index (κ3) is 3.05. The molecule has 126 valence electrons. The van der Waals surface area contributed by atoms with Gasteiger partial charge >= 0.3 is 5.97 Å². The van der Waals surface area contributed by atoms with Crippen LogP contribution in [-0.2, 0) is 14.3 Å². The average molecular weight is 355 g/mol. The summed E-state index contributed by atoms with van der Waals surface area (Å²) in [5.41, 5.74) is 5.30. The molecule has 1 aromatic carbocycles. The lowest BCUT2D eigenvalue weighted by molar-refractivity contribution is -0.139. The lowest BCUT2D eigenvalue weighted by Crippen LogP contribution is -2.26. The smallest absolute Gasteiger partial charge is 0.338 e. The minimum atomic E-state index is -1.19. The van der Waals surface area contributed by atoms with E-state index >= 15 is 0 Å². The van der Waals surface area contributed by atoms with Gasteiger partial charge in [-0.15, -0.1) is 0 Å².